The minimum atomic E-state index is 0.473. The van der Waals surface area contributed by atoms with E-state index in [1.54, 1.807) is 7.11 Å². The van der Waals surface area contributed by atoms with Gasteiger partial charge < -0.3 is 15.5 Å². The van der Waals surface area contributed by atoms with Crippen molar-refractivity contribution in [1.82, 2.24) is 9.97 Å². The van der Waals surface area contributed by atoms with E-state index in [4.69, 9.17) is 10.5 Å². The largest absolute Gasteiger partial charge is 0.481 e. The summed E-state index contributed by atoms with van der Waals surface area (Å²) in [7, 11) is 1.64. The third-order valence-electron chi connectivity index (χ3n) is 4.71. The average molecular weight is 337 g/mol. The minimum absolute atomic E-state index is 0.473. The molecule has 4 heteroatoms. The van der Waals surface area contributed by atoms with Crippen LogP contribution in [0.3, 0.4) is 0 Å². The fraction of sp³-hybridized carbons (Fsp3) is 0.381. The fourth-order valence-corrected chi connectivity index (χ4v) is 3.38. The topological polar surface area (TPSA) is 63.9 Å². The van der Waals surface area contributed by atoms with Gasteiger partial charge in [-0.1, -0.05) is 32.0 Å². The van der Waals surface area contributed by atoms with Gasteiger partial charge >= 0.3 is 0 Å². The highest BCUT2D eigenvalue weighted by Gasteiger charge is 2.16. The second-order valence-corrected chi connectivity index (χ2v) is 6.74. The van der Waals surface area contributed by atoms with Crippen LogP contribution in [0.2, 0.25) is 0 Å². The van der Waals surface area contributed by atoms with Gasteiger partial charge in [-0.05, 0) is 48.9 Å². The van der Waals surface area contributed by atoms with Gasteiger partial charge in [0, 0.05) is 28.7 Å². The first kappa shape index (κ1) is 17.5. The summed E-state index contributed by atoms with van der Waals surface area (Å²) in [5.74, 6) is 1.11. The van der Waals surface area contributed by atoms with E-state index >= 15 is 0 Å². The van der Waals surface area contributed by atoms with Crippen molar-refractivity contribution in [3.05, 3.63) is 47.7 Å². The predicted octanol–water partition coefficient (Wildman–Crippen LogP) is 4.64. The van der Waals surface area contributed by atoms with Gasteiger partial charge in [0.15, 0.2) is 0 Å². The molecule has 0 aliphatic rings. The van der Waals surface area contributed by atoms with E-state index in [1.165, 1.54) is 22.0 Å². The molecule has 3 aromatic rings. The molecule has 0 atom stereocenters. The highest BCUT2D eigenvalue weighted by molar-refractivity contribution is 5.93. The molecule has 4 nitrogen and oxygen atoms in total. The Labute approximate surface area is 149 Å². The lowest BCUT2D eigenvalue weighted by Gasteiger charge is -2.07. The zero-order valence-corrected chi connectivity index (χ0v) is 15.3. The van der Waals surface area contributed by atoms with Crippen molar-refractivity contribution in [2.45, 2.75) is 39.0 Å². The second kappa shape index (κ2) is 7.70. The van der Waals surface area contributed by atoms with E-state index in [2.05, 4.69) is 48.1 Å². The molecule has 0 saturated heterocycles. The van der Waals surface area contributed by atoms with Crippen molar-refractivity contribution in [2.24, 2.45) is 5.73 Å². The summed E-state index contributed by atoms with van der Waals surface area (Å²) in [5.41, 5.74) is 11.9. The molecule has 132 valence electrons. The lowest BCUT2D eigenvalue weighted by molar-refractivity contribution is 0.398. The molecule has 3 rings (SSSR count). The number of hydrogen-bond donors (Lipinski definition) is 2. The third kappa shape index (κ3) is 3.54. The van der Waals surface area contributed by atoms with Gasteiger partial charge in [-0.2, -0.15) is 0 Å². The Kier molecular flexibility index (Phi) is 5.39. The number of nitrogens with one attached hydrogen (secondary N) is 1. The number of hydrogen-bond acceptors (Lipinski definition) is 3. The molecule has 0 unspecified atom stereocenters. The number of nitrogens with zero attached hydrogens (tertiary/aromatic N) is 1. The summed E-state index contributed by atoms with van der Waals surface area (Å²) in [6, 6.07) is 10.6. The minimum Gasteiger partial charge on any atom is -0.481 e. The number of rotatable bonds is 7. The number of para-hydroxylation sites is 1. The van der Waals surface area contributed by atoms with Crippen molar-refractivity contribution in [1.29, 1.82) is 0 Å². The van der Waals surface area contributed by atoms with Crippen LogP contribution in [-0.2, 0) is 6.42 Å². The monoisotopic (exact) mass is 337 g/mol. The van der Waals surface area contributed by atoms with E-state index in [1.807, 2.05) is 12.3 Å². The van der Waals surface area contributed by atoms with Gasteiger partial charge in [0.1, 0.15) is 0 Å². The summed E-state index contributed by atoms with van der Waals surface area (Å²) in [5, 5.41) is 1.31. The first-order chi connectivity index (χ1) is 12.2. The van der Waals surface area contributed by atoms with Crippen LogP contribution < -0.4 is 10.5 Å². The normalized spacial score (nSPS) is 11.4. The molecule has 0 amide bonds. The number of fused-ring (bicyclic) bond motifs is 1. The van der Waals surface area contributed by atoms with Crippen LogP contribution in [0.25, 0.3) is 22.2 Å². The van der Waals surface area contributed by atoms with E-state index in [-0.39, 0.29) is 0 Å². The summed E-state index contributed by atoms with van der Waals surface area (Å²) in [6.45, 7) is 5.20. The number of aryl methyl sites for hydroxylation is 1. The fourth-order valence-electron chi connectivity index (χ4n) is 3.38. The summed E-state index contributed by atoms with van der Waals surface area (Å²) in [4.78, 5) is 8.06. The zero-order valence-electron chi connectivity index (χ0n) is 15.3. The quantitative estimate of drug-likeness (QED) is 0.617. The number of pyridine rings is 1. The molecule has 0 aliphatic carbocycles. The first-order valence-corrected chi connectivity index (χ1v) is 8.99. The summed E-state index contributed by atoms with van der Waals surface area (Å²) in [6.07, 6.45) is 5.02. The first-order valence-electron chi connectivity index (χ1n) is 8.99. The number of ether oxygens (including phenoxy) is 1. The van der Waals surface area contributed by atoms with E-state index in [0.29, 0.717) is 11.8 Å². The van der Waals surface area contributed by atoms with E-state index in [0.717, 1.165) is 37.1 Å². The lowest BCUT2D eigenvalue weighted by Crippen LogP contribution is -1.99. The molecule has 3 N–H and O–H groups in total. The van der Waals surface area contributed by atoms with Gasteiger partial charge in [0.25, 0.3) is 0 Å². The molecule has 2 aromatic heterocycles. The molecule has 0 saturated carbocycles. The van der Waals surface area contributed by atoms with Gasteiger partial charge in [0.2, 0.25) is 5.88 Å². The van der Waals surface area contributed by atoms with Gasteiger partial charge in [-0.15, -0.1) is 0 Å². The Morgan fingerprint density at radius 2 is 2.00 bits per heavy atom. The molecular weight excluding hydrogens is 310 g/mol. The molecule has 0 aliphatic heterocycles. The molecular formula is C21H27N3O. The lowest BCUT2D eigenvalue weighted by atomic mass is 9.97. The Morgan fingerprint density at radius 3 is 2.64 bits per heavy atom. The average Bonchev–Trinajstić information content (AvgIpc) is 3.00. The van der Waals surface area contributed by atoms with Crippen molar-refractivity contribution >= 4 is 10.9 Å². The van der Waals surface area contributed by atoms with Crippen LogP contribution in [-0.4, -0.2) is 23.6 Å². The summed E-state index contributed by atoms with van der Waals surface area (Å²) >= 11 is 0. The van der Waals surface area contributed by atoms with E-state index < -0.39 is 0 Å². The molecule has 2 heterocycles. The number of aromatic amines is 1. The molecule has 0 radical (unpaired) electrons. The van der Waals surface area contributed by atoms with Crippen molar-refractivity contribution in [3.63, 3.8) is 0 Å². The van der Waals surface area contributed by atoms with Crippen molar-refractivity contribution < 1.29 is 4.74 Å². The van der Waals surface area contributed by atoms with Crippen molar-refractivity contribution in [3.8, 4) is 17.1 Å². The molecule has 1 aromatic carbocycles. The maximum Gasteiger partial charge on any atom is 0.212 e. The zero-order chi connectivity index (χ0) is 17.8. The number of nitrogens with two attached hydrogens (primary N) is 1. The molecule has 0 fully saturated rings. The Bertz CT molecular complexity index is 834. The smallest absolute Gasteiger partial charge is 0.212 e. The van der Waals surface area contributed by atoms with Crippen LogP contribution in [0, 0.1) is 0 Å². The molecule has 25 heavy (non-hydrogen) atoms. The van der Waals surface area contributed by atoms with Crippen LogP contribution in [0.1, 0.15) is 43.7 Å². The Morgan fingerprint density at radius 1 is 1.16 bits per heavy atom. The highest BCUT2D eigenvalue weighted by Crippen LogP contribution is 2.35. The number of H-pyrrole nitrogens is 1. The van der Waals surface area contributed by atoms with E-state index in [9.17, 15) is 0 Å². The summed E-state index contributed by atoms with van der Waals surface area (Å²) < 4.78 is 5.19. The SMILES string of the molecule is COc1ccc(-c2[nH]c3c(C(C)C)cccc3c2CCCCN)cn1. The van der Waals surface area contributed by atoms with Gasteiger partial charge in [0.05, 0.1) is 12.8 Å². The van der Waals surface area contributed by atoms with Crippen LogP contribution in [0.5, 0.6) is 5.88 Å². The highest BCUT2D eigenvalue weighted by atomic mass is 16.5. The van der Waals surface area contributed by atoms with Gasteiger partial charge in [-0.3, -0.25) is 0 Å². The van der Waals surface area contributed by atoms with Crippen LogP contribution >= 0.6 is 0 Å². The number of benzene rings is 1. The standard InChI is InChI=1S/C21H27N3O/c1-14(2)16-8-6-9-18-17(7-4-5-12-22)20(24-21(16)18)15-10-11-19(25-3)23-13-15/h6,8-11,13-14,24H,4-5,7,12,22H2,1-3H3. The van der Waals surface area contributed by atoms with Gasteiger partial charge in [-0.25, -0.2) is 4.98 Å². The maximum atomic E-state index is 5.69. The Hall–Kier alpha value is -2.33. The number of unbranched alkanes of at least 4 members (excludes halogenated alkanes) is 1. The predicted molar refractivity (Wildman–Crippen MR) is 104 cm³/mol. The molecule has 0 bridgehead atoms. The van der Waals surface area contributed by atoms with Crippen LogP contribution in [0.4, 0.5) is 0 Å². The second-order valence-electron chi connectivity index (χ2n) is 6.74. The third-order valence-corrected chi connectivity index (χ3v) is 4.71. The maximum absolute atomic E-state index is 5.69. The van der Waals surface area contributed by atoms with Crippen molar-refractivity contribution in [2.75, 3.05) is 13.7 Å². The van der Waals surface area contributed by atoms with Crippen LogP contribution in [0.15, 0.2) is 36.5 Å². The Balaban J connectivity index is 2.13. The number of methoxy groups -OCH3 is 1. The number of aromatic nitrogens is 2. The molecule has 0 spiro atoms.